The van der Waals surface area contributed by atoms with E-state index in [0.717, 1.165) is 33.5 Å². The van der Waals surface area contributed by atoms with Gasteiger partial charge in [-0.05, 0) is 32.0 Å². The number of aromatic nitrogens is 5. The van der Waals surface area contributed by atoms with Crippen molar-refractivity contribution in [3.05, 3.63) is 53.7 Å². The van der Waals surface area contributed by atoms with Gasteiger partial charge in [-0.25, -0.2) is 15.0 Å². The van der Waals surface area contributed by atoms with Gasteiger partial charge in [0.1, 0.15) is 17.4 Å². The van der Waals surface area contributed by atoms with Crippen molar-refractivity contribution >= 4 is 27.8 Å². The van der Waals surface area contributed by atoms with Crippen LogP contribution in [0.2, 0.25) is 0 Å². The van der Waals surface area contributed by atoms with Crippen LogP contribution in [-0.2, 0) is 6.54 Å². The van der Waals surface area contributed by atoms with Crippen LogP contribution in [0, 0.1) is 13.8 Å². The Labute approximate surface area is 183 Å². The second-order valence-corrected chi connectivity index (χ2v) is 7.37. The van der Waals surface area contributed by atoms with E-state index in [0.29, 0.717) is 41.0 Å². The molecule has 0 amide bonds. The third-order valence-corrected chi connectivity index (χ3v) is 5.32. The number of H-pyrrole nitrogens is 1. The van der Waals surface area contributed by atoms with Gasteiger partial charge in [0.2, 0.25) is 0 Å². The maximum Gasteiger partial charge on any atom is 0.167 e. The minimum atomic E-state index is 0.455. The number of fused-ring (bicyclic) bond motifs is 2. The average molecular weight is 430 g/mol. The maximum absolute atomic E-state index is 5.49. The minimum Gasteiger partial charge on any atom is -0.493 e. The smallest absolute Gasteiger partial charge is 0.167 e. The fraction of sp³-hybridized carbons (Fsp3) is 0.217. The number of anilines is 1. The number of para-hydroxylation sites is 2. The summed E-state index contributed by atoms with van der Waals surface area (Å²) in [5, 5.41) is 8.25. The summed E-state index contributed by atoms with van der Waals surface area (Å²) in [5.41, 5.74) is 4.11. The number of imidazole rings is 1. The van der Waals surface area contributed by atoms with Gasteiger partial charge in [0.25, 0.3) is 0 Å². The molecule has 2 aromatic carbocycles. The first-order valence-electron chi connectivity index (χ1n) is 10.1. The summed E-state index contributed by atoms with van der Waals surface area (Å²) >= 11 is 0. The third kappa shape index (κ3) is 3.37. The van der Waals surface area contributed by atoms with Gasteiger partial charge in [0.05, 0.1) is 48.6 Å². The molecule has 0 aliphatic rings. The fourth-order valence-electron chi connectivity index (χ4n) is 3.76. The van der Waals surface area contributed by atoms with Crippen molar-refractivity contribution in [2.24, 2.45) is 0 Å². The lowest BCUT2D eigenvalue weighted by atomic mass is 10.1. The molecular formula is C23H22N6O3. The molecule has 0 saturated carbocycles. The number of methoxy groups -OCH3 is 2. The molecule has 0 aliphatic carbocycles. The van der Waals surface area contributed by atoms with Crippen molar-refractivity contribution in [2.45, 2.75) is 20.4 Å². The molecule has 9 nitrogen and oxygen atoms in total. The standard InChI is InChI=1S/C23H22N6O3/c1-12-21(13(2)32-29-12)23-27-17-10-19(31-4)18(30-3)9-14(17)22(28-23)24-11-20-25-15-7-5-6-8-16(15)26-20/h5-10H,11H2,1-4H3,(H,25,26)(H,24,27,28). The fourth-order valence-corrected chi connectivity index (χ4v) is 3.76. The Balaban J connectivity index is 1.62. The molecule has 32 heavy (non-hydrogen) atoms. The molecule has 0 unspecified atom stereocenters. The molecule has 0 atom stereocenters. The maximum atomic E-state index is 5.49. The molecule has 162 valence electrons. The third-order valence-electron chi connectivity index (χ3n) is 5.32. The molecule has 0 bridgehead atoms. The van der Waals surface area contributed by atoms with Crippen LogP contribution in [-0.4, -0.2) is 39.3 Å². The highest BCUT2D eigenvalue weighted by Gasteiger charge is 2.19. The average Bonchev–Trinajstić information content (AvgIpc) is 3.38. The number of nitrogens with one attached hydrogen (secondary N) is 2. The highest BCUT2D eigenvalue weighted by Crippen LogP contribution is 2.36. The number of ether oxygens (including phenoxy) is 2. The van der Waals surface area contributed by atoms with Crippen molar-refractivity contribution in [1.29, 1.82) is 0 Å². The van der Waals surface area contributed by atoms with Gasteiger partial charge in [-0.15, -0.1) is 0 Å². The Bertz CT molecular complexity index is 1390. The van der Waals surface area contributed by atoms with Crippen molar-refractivity contribution in [3.63, 3.8) is 0 Å². The van der Waals surface area contributed by atoms with Crippen LogP contribution in [0.4, 0.5) is 5.82 Å². The topological polar surface area (TPSA) is 111 Å². The van der Waals surface area contributed by atoms with Crippen molar-refractivity contribution in [2.75, 3.05) is 19.5 Å². The van der Waals surface area contributed by atoms with E-state index in [1.165, 1.54) is 0 Å². The first-order chi connectivity index (χ1) is 15.6. The van der Waals surface area contributed by atoms with E-state index in [1.807, 2.05) is 50.2 Å². The molecule has 5 aromatic rings. The van der Waals surface area contributed by atoms with E-state index in [-0.39, 0.29) is 0 Å². The van der Waals surface area contributed by atoms with Gasteiger partial charge in [0.15, 0.2) is 17.3 Å². The van der Waals surface area contributed by atoms with Crippen molar-refractivity contribution in [3.8, 4) is 22.9 Å². The second kappa shape index (κ2) is 7.84. The number of benzene rings is 2. The van der Waals surface area contributed by atoms with E-state index in [9.17, 15) is 0 Å². The zero-order valence-corrected chi connectivity index (χ0v) is 18.2. The van der Waals surface area contributed by atoms with Crippen LogP contribution in [0.25, 0.3) is 33.3 Å². The summed E-state index contributed by atoms with van der Waals surface area (Å²) in [6.07, 6.45) is 0. The summed E-state index contributed by atoms with van der Waals surface area (Å²) < 4.78 is 16.3. The predicted octanol–water partition coefficient (Wildman–Crippen LogP) is 4.41. The van der Waals surface area contributed by atoms with E-state index in [2.05, 4.69) is 20.4 Å². The number of nitrogens with zero attached hydrogens (tertiary/aromatic N) is 4. The number of hydrogen-bond acceptors (Lipinski definition) is 8. The normalized spacial score (nSPS) is 11.2. The monoisotopic (exact) mass is 430 g/mol. The van der Waals surface area contributed by atoms with Gasteiger partial charge in [-0.2, -0.15) is 0 Å². The predicted molar refractivity (Wildman–Crippen MR) is 121 cm³/mol. The van der Waals surface area contributed by atoms with E-state index >= 15 is 0 Å². The lowest BCUT2D eigenvalue weighted by molar-refractivity contribution is 0.356. The summed E-state index contributed by atoms with van der Waals surface area (Å²) in [6.45, 7) is 4.17. The van der Waals surface area contributed by atoms with E-state index in [1.54, 1.807) is 14.2 Å². The molecular weight excluding hydrogens is 408 g/mol. The number of aromatic amines is 1. The summed E-state index contributed by atoms with van der Waals surface area (Å²) in [6, 6.07) is 11.6. The Hall–Kier alpha value is -4.14. The quantitative estimate of drug-likeness (QED) is 0.408. The largest absolute Gasteiger partial charge is 0.493 e. The molecule has 3 heterocycles. The molecule has 9 heteroatoms. The molecule has 0 aliphatic heterocycles. The van der Waals surface area contributed by atoms with Gasteiger partial charge >= 0.3 is 0 Å². The zero-order valence-electron chi connectivity index (χ0n) is 18.2. The van der Waals surface area contributed by atoms with Gasteiger partial charge in [-0.1, -0.05) is 17.3 Å². The van der Waals surface area contributed by atoms with Gasteiger partial charge in [0, 0.05) is 11.5 Å². The number of aryl methyl sites for hydroxylation is 2. The van der Waals surface area contributed by atoms with Crippen LogP contribution in [0.1, 0.15) is 17.3 Å². The molecule has 0 fully saturated rings. The van der Waals surface area contributed by atoms with Crippen LogP contribution >= 0.6 is 0 Å². The van der Waals surface area contributed by atoms with E-state index < -0.39 is 0 Å². The number of hydrogen-bond donors (Lipinski definition) is 2. The molecule has 2 N–H and O–H groups in total. The summed E-state index contributed by atoms with van der Waals surface area (Å²) in [5.74, 6) is 3.81. The highest BCUT2D eigenvalue weighted by molar-refractivity contribution is 5.93. The second-order valence-electron chi connectivity index (χ2n) is 7.37. The van der Waals surface area contributed by atoms with Gasteiger partial charge < -0.3 is 24.3 Å². The van der Waals surface area contributed by atoms with Crippen LogP contribution in [0.15, 0.2) is 40.9 Å². The van der Waals surface area contributed by atoms with Crippen molar-refractivity contribution in [1.82, 2.24) is 25.1 Å². The van der Waals surface area contributed by atoms with Gasteiger partial charge in [-0.3, -0.25) is 0 Å². The lowest BCUT2D eigenvalue weighted by Crippen LogP contribution is -2.06. The van der Waals surface area contributed by atoms with Crippen LogP contribution < -0.4 is 14.8 Å². The zero-order chi connectivity index (χ0) is 22.2. The van der Waals surface area contributed by atoms with E-state index in [4.69, 9.17) is 24.0 Å². The molecule has 3 aromatic heterocycles. The summed E-state index contributed by atoms with van der Waals surface area (Å²) in [7, 11) is 3.20. The first kappa shape index (κ1) is 19.8. The minimum absolute atomic E-state index is 0.455. The Kier molecular flexibility index (Phi) is 4.85. The number of rotatable bonds is 6. The van der Waals surface area contributed by atoms with Crippen LogP contribution in [0.3, 0.4) is 0 Å². The highest BCUT2D eigenvalue weighted by atomic mass is 16.5. The lowest BCUT2D eigenvalue weighted by Gasteiger charge is -2.13. The molecule has 5 rings (SSSR count). The van der Waals surface area contributed by atoms with Crippen molar-refractivity contribution < 1.29 is 14.0 Å². The summed E-state index contributed by atoms with van der Waals surface area (Å²) in [4.78, 5) is 17.5. The molecule has 0 saturated heterocycles. The SMILES string of the molecule is COc1cc2nc(-c3c(C)noc3C)nc(NCc3nc4ccccc4[nH]3)c2cc1OC. The first-order valence-corrected chi connectivity index (χ1v) is 10.1. The molecule has 0 spiro atoms. The molecule has 0 radical (unpaired) electrons. The van der Waals surface area contributed by atoms with Crippen LogP contribution in [0.5, 0.6) is 11.5 Å². The Morgan fingerprint density at radius 1 is 0.969 bits per heavy atom. The Morgan fingerprint density at radius 3 is 2.47 bits per heavy atom. The Morgan fingerprint density at radius 2 is 1.75 bits per heavy atom.